The third-order valence-electron chi connectivity index (χ3n) is 4.55. The molecule has 0 bridgehead atoms. The lowest BCUT2D eigenvalue weighted by atomic mass is 10.1. The zero-order valence-corrected chi connectivity index (χ0v) is 16.7. The number of ether oxygens (including phenoxy) is 1. The van der Waals surface area contributed by atoms with Gasteiger partial charge in [0.05, 0.1) is 22.6 Å². The Morgan fingerprint density at radius 3 is 2.04 bits per heavy atom. The molecule has 28 heavy (non-hydrogen) atoms. The van der Waals surface area contributed by atoms with Gasteiger partial charge < -0.3 is 4.74 Å². The molecule has 0 aromatic heterocycles. The van der Waals surface area contributed by atoms with Crippen LogP contribution in [0, 0.1) is 5.92 Å². The van der Waals surface area contributed by atoms with E-state index in [9.17, 15) is 18.0 Å². The van der Waals surface area contributed by atoms with Crippen LogP contribution < -0.4 is 4.74 Å². The van der Waals surface area contributed by atoms with Crippen molar-refractivity contribution in [2.45, 2.75) is 31.6 Å². The average Bonchev–Trinajstić information content (AvgIpc) is 2.90. The fourth-order valence-electron chi connectivity index (χ4n) is 3.03. The van der Waals surface area contributed by atoms with Crippen LogP contribution in [0.3, 0.4) is 0 Å². The van der Waals surface area contributed by atoms with Crippen molar-refractivity contribution in [1.29, 1.82) is 0 Å². The number of hydrogen-bond donors (Lipinski definition) is 0. The number of fused-ring (bicyclic) bond motifs is 1. The Kier molecular flexibility index (Phi) is 5.84. The van der Waals surface area contributed by atoms with Gasteiger partial charge in [-0.3, -0.25) is 14.5 Å². The molecule has 2 aromatic carbocycles. The molecule has 0 saturated heterocycles. The Bertz CT molecular complexity index is 945. The predicted octanol–water partition coefficient (Wildman–Crippen LogP) is 3.53. The Balaban J connectivity index is 1.67. The first-order chi connectivity index (χ1) is 13.3. The van der Waals surface area contributed by atoms with E-state index < -0.39 is 27.5 Å². The van der Waals surface area contributed by atoms with Gasteiger partial charge in [-0.15, -0.1) is 0 Å². The summed E-state index contributed by atoms with van der Waals surface area (Å²) in [5, 5.41) is 0. The zero-order chi connectivity index (χ0) is 20.3. The normalized spacial score (nSPS) is 13.9. The molecule has 0 atom stereocenters. The van der Waals surface area contributed by atoms with E-state index in [1.54, 1.807) is 24.3 Å². The number of carbonyl (C=O) groups excluding carboxylic acids is 2. The van der Waals surface area contributed by atoms with E-state index in [1.807, 2.05) is 0 Å². The standard InChI is InChI=1S/C21H23NO5S/c1-15(2)6-5-13-27-16-9-11-17(12-10-16)28(25,26)14-22-20(23)18-7-3-4-8-19(18)21(22)24/h3-4,7-12,15H,5-6,13-14H2,1-2H3. The third kappa shape index (κ3) is 4.25. The monoisotopic (exact) mass is 401 g/mol. The van der Waals surface area contributed by atoms with E-state index in [2.05, 4.69) is 13.8 Å². The van der Waals surface area contributed by atoms with Gasteiger partial charge in [0.25, 0.3) is 11.8 Å². The van der Waals surface area contributed by atoms with Gasteiger partial charge >= 0.3 is 0 Å². The van der Waals surface area contributed by atoms with E-state index in [-0.39, 0.29) is 16.0 Å². The van der Waals surface area contributed by atoms with Crippen molar-refractivity contribution in [2.24, 2.45) is 5.92 Å². The Hall–Kier alpha value is -2.67. The van der Waals surface area contributed by atoms with Gasteiger partial charge in [-0.05, 0) is 55.2 Å². The molecule has 2 aromatic rings. The number of carbonyl (C=O) groups is 2. The Labute approximate surface area is 165 Å². The summed E-state index contributed by atoms with van der Waals surface area (Å²) in [4.78, 5) is 25.6. The highest BCUT2D eigenvalue weighted by Crippen LogP contribution is 2.25. The smallest absolute Gasteiger partial charge is 0.262 e. The van der Waals surface area contributed by atoms with Crippen molar-refractivity contribution in [2.75, 3.05) is 12.5 Å². The summed E-state index contributed by atoms with van der Waals surface area (Å²) in [6.07, 6.45) is 1.99. The molecule has 0 spiro atoms. The molecule has 2 amide bonds. The fraction of sp³-hybridized carbons (Fsp3) is 0.333. The number of rotatable bonds is 8. The topological polar surface area (TPSA) is 80.8 Å². The van der Waals surface area contributed by atoms with Gasteiger partial charge in [0, 0.05) is 0 Å². The number of amides is 2. The molecule has 6 nitrogen and oxygen atoms in total. The van der Waals surface area contributed by atoms with Crippen molar-refractivity contribution >= 4 is 21.7 Å². The van der Waals surface area contributed by atoms with Crippen LogP contribution in [0.15, 0.2) is 53.4 Å². The minimum Gasteiger partial charge on any atom is -0.494 e. The molecule has 7 heteroatoms. The number of sulfone groups is 1. The summed E-state index contributed by atoms with van der Waals surface area (Å²) >= 11 is 0. The van der Waals surface area contributed by atoms with Crippen molar-refractivity contribution in [3.05, 3.63) is 59.7 Å². The average molecular weight is 401 g/mol. The maximum Gasteiger partial charge on any atom is 0.262 e. The maximum atomic E-state index is 12.7. The molecule has 0 unspecified atom stereocenters. The molecule has 1 aliphatic heterocycles. The second kappa shape index (κ2) is 8.14. The summed E-state index contributed by atoms with van der Waals surface area (Å²) < 4.78 is 31.0. The van der Waals surface area contributed by atoms with Gasteiger partial charge in [0.1, 0.15) is 11.6 Å². The molecule has 148 valence electrons. The Morgan fingerprint density at radius 2 is 1.50 bits per heavy atom. The van der Waals surface area contributed by atoms with Crippen LogP contribution in [-0.4, -0.2) is 37.6 Å². The second-order valence-electron chi connectivity index (χ2n) is 7.18. The van der Waals surface area contributed by atoms with Crippen LogP contribution in [0.2, 0.25) is 0 Å². The minimum atomic E-state index is -3.85. The van der Waals surface area contributed by atoms with E-state index in [1.165, 1.54) is 24.3 Å². The van der Waals surface area contributed by atoms with Gasteiger partial charge in [-0.2, -0.15) is 0 Å². The second-order valence-corrected chi connectivity index (χ2v) is 9.14. The highest BCUT2D eigenvalue weighted by Gasteiger charge is 2.38. The van der Waals surface area contributed by atoms with Crippen molar-refractivity contribution < 1.29 is 22.7 Å². The summed E-state index contributed by atoms with van der Waals surface area (Å²) in [6, 6.07) is 12.4. The third-order valence-corrected chi connectivity index (χ3v) is 6.14. The number of nitrogens with zero attached hydrogens (tertiary/aromatic N) is 1. The molecule has 0 N–H and O–H groups in total. The summed E-state index contributed by atoms with van der Waals surface area (Å²) in [6.45, 7) is 4.86. The van der Waals surface area contributed by atoms with Crippen LogP contribution in [0.1, 0.15) is 47.4 Å². The Morgan fingerprint density at radius 1 is 0.929 bits per heavy atom. The van der Waals surface area contributed by atoms with E-state index >= 15 is 0 Å². The molecule has 0 fully saturated rings. The number of imide groups is 1. The molecule has 0 aliphatic carbocycles. The highest BCUT2D eigenvalue weighted by molar-refractivity contribution is 7.91. The van der Waals surface area contributed by atoms with Crippen LogP contribution in [0.5, 0.6) is 5.75 Å². The molecular formula is C21H23NO5S. The summed E-state index contributed by atoms with van der Waals surface area (Å²) in [5.41, 5.74) is 0.459. The molecule has 1 aliphatic rings. The largest absolute Gasteiger partial charge is 0.494 e. The number of hydrogen-bond acceptors (Lipinski definition) is 5. The lowest BCUT2D eigenvalue weighted by molar-refractivity contribution is 0.0680. The quantitative estimate of drug-likeness (QED) is 0.499. The maximum absolute atomic E-state index is 12.7. The minimum absolute atomic E-state index is 0.0404. The first-order valence-electron chi connectivity index (χ1n) is 9.20. The van der Waals surface area contributed by atoms with Gasteiger partial charge in [0.15, 0.2) is 9.84 Å². The van der Waals surface area contributed by atoms with Crippen molar-refractivity contribution in [3.63, 3.8) is 0 Å². The molecule has 0 radical (unpaired) electrons. The van der Waals surface area contributed by atoms with Crippen molar-refractivity contribution in [1.82, 2.24) is 4.90 Å². The lowest BCUT2D eigenvalue weighted by Crippen LogP contribution is -2.34. The van der Waals surface area contributed by atoms with Crippen LogP contribution in [-0.2, 0) is 9.84 Å². The zero-order valence-electron chi connectivity index (χ0n) is 15.9. The SMILES string of the molecule is CC(C)CCCOc1ccc(S(=O)(=O)CN2C(=O)c3ccccc3C2=O)cc1. The van der Waals surface area contributed by atoms with Gasteiger partial charge in [-0.25, -0.2) is 8.42 Å². The predicted molar refractivity (Wildman–Crippen MR) is 105 cm³/mol. The van der Waals surface area contributed by atoms with E-state index in [0.29, 0.717) is 18.3 Å². The molecule has 3 rings (SSSR count). The van der Waals surface area contributed by atoms with Crippen LogP contribution in [0.25, 0.3) is 0 Å². The summed E-state index contributed by atoms with van der Waals surface area (Å²) in [5.74, 6) is -0.668. The van der Waals surface area contributed by atoms with Crippen LogP contribution >= 0.6 is 0 Å². The van der Waals surface area contributed by atoms with Gasteiger partial charge in [-0.1, -0.05) is 26.0 Å². The molecule has 0 saturated carbocycles. The summed E-state index contributed by atoms with van der Waals surface area (Å²) in [7, 11) is -3.85. The van der Waals surface area contributed by atoms with Gasteiger partial charge in [0.2, 0.25) is 0 Å². The lowest BCUT2D eigenvalue weighted by Gasteiger charge is -2.14. The first-order valence-corrected chi connectivity index (χ1v) is 10.9. The first kappa shape index (κ1) is 20.1. The van der Waals surface area contributed by atoms with E-state index in [4.69, 9.17) is 4.74 Å². The van der Waals surface area contributed by atoms with Crippen molar-refractivity contribution in [3.8, 4) is 5.75 Å². The highest BCUT2D eigenvalue weighted by atomic mass is 32.2. The molecule has 1 heterocycles. The molecular weight excluding hydrogens is 378 g/mol. The van der Waals surface area contributed by atoms with E-state index in [0.717, 1.165) is 17.7 Å². The number of benzene rings is 2. The van der Waals surface area contributed by atoms with Crippen LogP contribution in [0.4, 0.5) is 0 Å². The fourth-order valence-corrected chi connectivity index (χ4v) is 4.30.